The average molecular weight is 693 g/mol. The van der Waals surface area contributed by atoms with E-state index in [1.165, 1.54) is 153 Å². The van der Waals surface area contributed by atoms with Gasteiger partial charge in [0.15, 0.2) is 0 Å². The minimum atomic E-state index is 0.0401. The standard InChI is InChI=1S/C48H84O2/c1-10-11-12-13-14-15-16-17-18-19-20-21-22-23-24-25-42(49)50-41-30-32-46(7)39(44(41,4)5)29-33-48(9)40(46)27-26-38-43-37(36(2)3)28-31-45(43,6)34-35-47(38,48)8/h37-41,43H,2,10-35H2,1,3-9H3. The van der Waals surface area contributed by atoms with Gasteiger partial charge in [-0.2, -0.15) is 0 Å². The maximum absolute atomic E-state index is 13.2. The molecule has 0 aliphatic heterocycles. The molecule has 288 valence electrons. The van der Waals surface area contributed by atoms with Crippen LogP contribution in [0.3, 0.4) is 0 Å². The number of rotatable bonds is 18. The Morgan fingerprint density at radius 1 is 0.620 bits per heavy atom. The average Bonchev–Trinajstić information content (AvgIpc) is 3.42. The summed E-state index contributed by atoms with van der Waals surface area (Å²) in [4.78, 5) is 13.2. The fourth-order valence-electron chi connectivity index (χ4n) is 14.5. The molecule has 0 saturated heterocycles. The number of fused-ring (bicyclic) bond motifs is 7. The molecule has 5 fully saturated rings. The molecular formula is C48H84O2. The van der Waals surface area contributed by atoms with Crippen LogP contribution in [0.1, 0.15) is 222 Å². The molecule has 0 amide bonds. The lowest BCUT2D eigenvalue weighted by molar-refractivity contribution is -0.249. The molecule has 0 radical (unpaired) electrons. The van der Waals surface area contributed by atoms with Crippen LogP contribution in [0.2, 0.25) is 0 Å². The summed E-state index contributed by atoms with van der Waals surface area (Å²) in [5, 5.41) is 0. The minimum absolute atomic E-state index is 0.0401. The lowest BCUT2D eigenvalue weighted by Gasteiger charge is -2.73. The zero-order valence-corrected chi connectivity index (χ0v) is 34.9. The number of carbonyl (C=O) groups is 1. The van der Waals surface area contributed by atoms with Crippen molar-refractivity contribution in [3.8, 4) is 0 Å². The van der Waals surface area contributed by atoms with Crippen LogP contribution >= 0.6 is 0 Å². The molecule has 0 aromatic rings. The topological polar surface area (TPSA) is 26.3 Å². The second-order valence-electron chi connectivity index (χ2n) is 20.9. The third-order valence-corrected chi connectivity index (χ3v) is 17.7. The van der Waals surface area contributed by atoms with E-state index in [1.54, 1.807) is 0 Å². The smallest absolute Gasteiger partial charge is 0.306 e. The Morgan fingerprint density at radius 3 is 1.78 bits per heavy atom. The van der Waals surface area contributed by atoms with Gasteiger partial charge in [0.05, 0.1) is 0 Å². The van der Waals surface area contributed by atoms with Gasteiger partial charge in [-0.05, 0) is 129 Å². The molecule has 0 aromatic carbocycles. The third-order valence-electron chi connectivity index (χ3n) is 17.7. The quantitative estimate of drug-likeness (QED) is 0.0812. The molecule has 50 heavy (non-hydrogen) atoms. The van der Waals surface area contributed by atoms with Gasteiger partial charge >= 0.3 is 5.97 Å². The first-order valence-electron chi connectivity index (χ1n) is 22.6. The third kappa shape index (κ3) is 7.87. The van der Waals surface area contributed by atoms with E-state index in [1.807, 2.05) is 0 Å². The molecule has 0 bridgehead atoms. The first kappa shape index (κ1) is 40.4. The number of unbranched alkanes of at least 4 members (excludes halogenated alkanes) is 14. The molecule has 0 N–H and O–H groups in total. The van der Waals surface area contributed by atoms with Crippen molar-refractivity contribution in [3.63, 3.8) is 0 Å². The van der Waals surface area contributed by atoms with Gasteiger partial charge in [-0.3, -0.25) is 4.79 Å². The number of hydrogen-bond acceptors (Lipinski definition) is 2. The second-order valence-corrected chi connectivity index (χ2v) is 20.9. The first-order chi connectivity index (χ1) is 23.7. The van der Waals surface area contributed by atoms with Gasteiger partial charge < -0.3 is 4.74 Å². The largest absolute Gasteiger partial charge is 0.462 e. The number of hydrogen-bond donors (Lipinski definition) is 0. The highest BCUT2D eigenvalue weighted by atomic mass is 16.5. The summed E-state index contributed by atoms with van der Waals surface area (Å²) < 4.78 is 6.43. The van der Waals surface area contributed by atoms with Crippen molar-refractivity contribution in [3.05, 3.63) is 12.2 Å². The van der Waals surface area contributed by atoms with E-state index in [0.717, 1.165) is 36.5 Å². The van der Waals surface area contributed by atoms with E-state index in [-0.39, 0.29) is 17.5 Å². The summed E-state index contributed by atoms with van der Waals surface area (Å²) in [5.41, 5.74) is 3.18. The van der Waals surface area contributed by atoms with Crippen LogP contribution in [0.15, 0.2) is 12.2 Å². The summed E-state index contributed by atoms with van der Waals surface area (Å²) in [7, 11) is 0. The van der Waals surface area contributed by atoms with Crippen molar-refractivity contribution in [1.29, 1.82) is 0 Å². The number of ether oxygens (including phenoxy) is 1. The van der Waals surface area contributed by atoms with E-state index in [4.69, 9.17) is 4.74 Å². The number of carbonyl (C=O) groups excluding carboxylic acids is 1. The Labute approximate surface area is 311 Å². The van der Waals surface area contributed by atoms with Crippen molar-refractivity contribution in [2.75, 3.05) is 0 Å². The number of esters is 1. The minimum Gasteiger partial charge on any atom is -0.462 e. The molecule has 10 atom stereocenters. The predicted molar refractivity (Wildman–Crippen MR) is 214 cm³/mol. The van der Waals surface area contributed by atoms with Gasteiger partial charge in [-0.25, -0.2) is 0 Å². The normalized spacial score (nSPS) is 40.3. The fourth-order valence-corrected chi connectivity index (χ4v) is 14.5. The number of allylic oxidation sites excluding steroid dienone is 1. The molecule has 0 heterocycles. The van der Waals surface area contributed by atoms with Crippen LogP contribution in [-0.2, 0) is 9.53 Å². The lowest BCUT2D eigenvalue weighted by atomic mass is 9.32. The van der Waals surface area contributed by atoms with Gasteiger partial charge in [-0.1, -0.05) is 151 Å². The van der Waals surface area contributed by atoms with Crippen molar-refractivity contribution >= 4 is 5.97 Å². The van der Waals surface area contributed by atoms with Gasteiger partial charge in [0.2, 0.25) is 0 Å². The molecular weight excluding hydrogens is 609 g/mol. The molecule has 5 saturated carbocycles. The summed E-state index contributed by atoms with van der Waals surface area (Å²) >= 11 is 0. The van der Waals surface area contributed by atoms with Crippen LogP contribution in [0.4, 0.5) is 0 Å². The maximum Gasteiger partial charge on any atom is 0.306 e. The zero-order chi connectivity index (χ0) is 36.2. The molecule has 2 nitrogen and oxygen atoms in total. The Morgan fingerprint density at radius 2 is 1.20 bits per heavy atom. The summed E-state index contributed by atoms with van der Waals surface area (Å²) in [6, 6.07) is 0. The van der Waals surface area contributed by atoms with Gasteiger partial charge in [0.25, 0.3) is 0 Å². The van der Waals surface area contributed by atoms with Crippen molar-refractivity contribution < 1.29 is 9.53 Å². The van der Waals surface area contributed by atoms with Crippen molar-refractivity contribution in [2.24, 2.45) is 56.7 Å². The van der Waals surface area contributed by atoms with E-state index < -0.39 is 0 Å². The van der Waals surface area contributed by atoms with Gasteiger partial charge in [0.1, 0.15) is 6.10 Å². The van der Waals surface area contributed by atoms with Crippen LogP contribution in [0, 0.1) is 56.7 Å². The summed E-state index contributed by atoms with van der Waals surface area (Å²) in [5.74, 6) is 3.89. The molecule has 10 unspecified atom stereocenters. The highest BCUT2D eigenvalue weighted by molar-refractivity contribution is 5.69. The van der Waals surface area contributed by atoms with E-state index in [0.29, 0.717) is 34.0 Å². The van der Waals surface area contributed by atoms with Crippen LogP contribution in [0.5, 0.6) is 0 Å². The molecule has 0 spiro atoms. The second kappa shape index (κ2) is 16.7. The van der Waals surface area contributed by atoms with Crippen LogP contribution < -0.4 is 0 Å². The predicted octanol–water partition coefficient (Wildman–Crippen LogP) is 14.8. The summed E-state index contributed by atoms with van der Waals surface area (Å²) in [6.07, 6.45) is 34.4. The van der Waals surface area contributed by atoms with E-state index in [9.17, 15) is 4.79 Å². The van der Waals surface area contributed by atoms with E-state index >= 15 is 0 Å². The molecule has 5 rings (SSSR count). The highest BCUT2D eigenvalue weighted by Gasteiger charge is 2.70. The Balaban J connectivity index is 1.06. The fraction of sp³-hybridized carbons (Fsp3) is 0.938. The molecule has 5 aliphatic rings. The molecule has 2 heteroatoms. The monoisotopic (exact) mass is 693 g/mol. The Bertz CT molecular complexity index is 1120. The summed E-state index contributed by atoms with van der Waals surface area (Å²) in [6.45, 7) is 25.0. The molecule has 0 aromatic heterocycles. The van der Waals surface area contributed by atoms with Gasteiger partial charge in [0, 0.05) is 11.8 Å². The van der Waals surface area contributed by atoms with Crippen molar-refractivity contribution in [1.82, 2.24) is 0 Å². The van der Waals surface area contributed by atoms with E-state index in [2.05, 4.69) is 62.0 Å². The van der Waals surface area contributed by atoms with Crippen molar-refractivity contribution in [2.45, 2.75) is 228 Å². The molecule has 5 aliphatic carbocycles. The van der Waals surface area contributed by atoms with Gasteiger partial charge in [-0.15, -0.1) is 0 Å². The van der Waals surface area contributed by atoms with Crippen LogP contribution in [-0.4, -0.2) is 12.1 Å². The van der Waals surface area contributed by atoms with Crippen LogP contribution in [0.25, 0.3) is 0 Å². The Kier molecular flexibility index (Phi) is 13.5. The first-order valence-corrected chi connectivity index (χ1v) is 22.6. The zero-order valence-electron chi connectivity index (χ0n) is 34.9. The SMILES string of the molecule is C=C(C)C1CCC2(C)CCC3(C)C(CCC4C5(C)CCC(OC(=O)CCCCCCCCCCCCCCCCC)C(C)(C)C5CCC43C)C12. The maximum atomic E-state index is 13.2. The Hall–Kier alpha value is -0.790. The highest BCUT2D eigenvalue weighted by Crippen LogP contribution is 2.77. The lowest BCUT2D eigenvalue weighted by Crippen LogP contribution is -2.66.